The zero-order valence-electron chi connectivity index (χ0n) is 12.9. The Morgan fingerprint density at radius 2 is 2.04 bits per heavy atom. The van der Waals surface area contributed by atoms with E-state index in [4.69, 9.17) is 0 Å². The first kappa shape index (κ1) is 15.5. The lowest BCUT2D eigenvalue weighted by molar-refractivity contribution is -0.383. The number of nitrogens with zero attached hydrogens (tertiary/aromatic N) is 1. The van der Waals surface area contributed by atoms with Crippen molar-refractivity contribution in [3.05, 3.63) is 76.0 Å². The number of hydrogen-bond donors (Lipinski definition) is 2. The molecule has 2 aromatic carbocycles. The molecule has 3 rings (SSSR count). The molecule has 0 aliphatic carbocycles. The molecule has 0 unspecified atom stereocenters. The van der Waals surface area contributed by atoms with Gasteiger partial charge in [-0.15, -0.1) is 0 Å². The topological polar surface area (TPSA) is 88.0 Å². The molecule has 0 saturated carbocycles. The van der Waals surface area contributed by atoms with Crippen LogP contribution in [0.4, 0.5) is 11.4 Å². The number of aromatic nitrogens is 1. The molecule has 0 aliphatic heterocycles. The van der Waals surface area contributed by atoms with E-state index in [0.29, 0.717) is 16.8 Å². The molecule has 0 radical (unpaired) electrons. The van der Waals surface area contributed by atoms with Crippen molar-refractivity contribution in [1.29, 1.82) is 0 Å². The number of para-hydroxylation sites is 1. The van der Waals surface area contributed by atoms with Crippen molar-refractivity contribution in [2.75, 3.05) is 12.4 Å². The number of benzene rings is 2. The van der Waals surface area contributed by atoms with Gasteiger partial charge in [-0.2, -0.15) is 0 Å². The molecular weight excluding hydrogens is 306 g/mol. The molecule has 2 N–H and O–H groups in total. The van der Waals surface area contributed by atoms with Crippen LogP contribution in [0.5, 0.6) is 0 Å². The minimum Gasteiger partial charge on any atom is -0.383 e. The molecule has 0 atom stereocenters. The molecule has 0 fully saturated rings. The third-order valence-corrected chi connectivity index (χ3v) is 3.77. The first-order chi connectivity index (χ1) is 11.6. The Balaban J connectivity index is 1.89. The smallest absolute Gasteiger partial charge is 0.292 e. The quantitative estimate of drug-likeness (QED) is 0.321. The number of H-pyrrole nitrogens is 1. The summed E-state index contributed by atoms with van der Waals surface area (Å²) < 4.78 is 0. The second-order valence-corrected chi connectivity index (χ2v) is 5.23. The fraction of sp³-hybridized carbons (Fsp3) is 0.0556. The summed E-state index contributed by atoms with van der Waals surface area (Å²) in [4.78, 5) is 26.1. The van der Waals surface area contributed by atoms with E-state index in [0.717, 1.165) is 10.9 Å². The van der Waals surface area contributed by atoms with E-state index < -0.39 is 4.92 Å². The molecule has 0 saturated heterocycles. The number of allylic oxidation sites excluding steroid dienone is 1. The van der Waals surface area contributed by atoms with Gasteiger partial charge >= 0.3 is 0 Å². The molecule has 0 aliphatic rings. The number of nitro benzene ring substituents is 1. The second kappa shape index (κ2) is 6.37. The summed E-state index contributed by atoms with van der Waals surface area (Å²) in [6.45, 7) is 0. The number of carbonyl (C=O) groups excluding carboxylic acids is 1. The van der Waals surface area contributed by atoms with Crippen molar-refractivity contribution in [2.24, 2.45) is 0 Å². The van der Waals surface area contributed by atoms with Gasteiger partial charge in [0.2, 0.25) is 0 Å². The molecular formula is C18H15N3O3. The van der Waals surface area contributed by atoms with E-state index in [1.165, 1.54) is 12.1 Å². The highest BCUT2D eigenvalue weighted by molar-refractivity contribution is 6.14. The van der Waals surface area contributed by atoms with Crippen LogP contribution < -0.4 is 5.32 Å². The van der Waals surface area contributed by atoms with E-state index >= 15 is 0 Å². The van der Waals surface area contributed by atoms with Gasteiger partial charge in [0.1, 0.15) is 5.69 Å². The number of carbonyl (C=O) groups is 1. The van der Waals surface area contributed by atoms with Gasteiger partial charge < -0.3 is 10.3 Å². The molecule has 0 bridgehead atoms. The first-order valence-electron chi connectivity index (χ1n) is 7.35. The summed E-state index contributed by atoms with van der Waals surface area (Å²) in [5, 5.41) is 14.7. The van der Waals surface area contributed by atoms with E-state index in [1.807, 2.05) is 24.3 Å². The van der Waals surface area contributed by atoms with Crippen molar-refractivity contribution in [3.8, 4) is 0 Å². The van der Waals surface area contributed by atoms with Gasteiger partial charge in [-0.1, -0.05) is 30.3 Å². The van der Waals surface area contributed by atoms with Gasteiger partial charge in [-0.05, 0) is 23.8 Å². The van der Waals surface area contributed by atoms with Crippen molar-refractivity contribution in [3.63, 3.8) is 0 Å². The SMILES string of the molecule is CNc1ccc(/C=C/C(=O)c2c[nH]c3ccccc23)cc1[N+](=O)[O-]. The van der Waals surface area contributed by atoms with E-state index in [-0.39, 0.29) is 11.5 Å². The minimum atomic E-state index is -0.454. The molecule has 120 valence electrons. The van der Waals surface area contributed by atoms with Crippen LogP contribution in [-0.4, -0.2) is 22.7 Å². The number of rotatable bonds is 5. The van der Waals surface area contributed by atoms with Crippen LogP contribution in [0, 0.1) is 10.1 Å². The maximum atomic E-state index is 12.4. The number of nitro groups is 1. The van der Waals surface area contributed by atoms with Gasteiger partial charge in [0.15, 0.2) is 5.78 Å². The van der Waals surface area contributed by atoms with Crippen LogP contribution in [0.15, 0.2) is 54.7 Å². The summed E-state index contributed by atoms with van der Waals surface area (Å²) in [7, 11) is 1.62. The number of anilines is 1. The lowest BCUT2D eigenvalue weighted by Crippen LogP contribution is -1.97. The molecule has 1 aromatic heterocycles. The Labute approximate surface area is 138 Å². The zero-order chi connectivity index (χ0) is 17.1. The van der Waals surface area contributed by atoms with E-state index in [2.05, 4.69) is 10.3 Å². The highest BCUT2D eigenvalue weighted by Crippen LogP contribution is 2.26. The molecule has 0 amide bonds. The average molecular weight is 321 g/mol. The molecule has 6 heteroatoms. The second-order valence-electron chi connectivity index (χ2n) is 5.23. The highest BCUT2D eigenvalue weighted by atomic mass is 16.6. The van der Waals surface area contributed by atoms with Crippen molar-refractivity contribution in [1.82, 2.24) is 4.98 Å². The van der Waals surface area contributed by atoms with Gasteiger partial charge in [-0.3, -0.25) is 14.9 Å². The summed E-state index contributed by atoms with van der Waals surface area (Å²) >= 11 is 0. The van der Waals surface area contributed by atoms with Crippen LogP contribution >= 0.6 is 0 Å². The Bertz CT molecular complexity index is 957. The predicted molar refractivity (Wildman–Crippen MR) is 94.3 cm³/mol. The monoisotopic (exact) mass is 321 g/mol. The minimum absolute atomic E-state index is 0.0285. The van der Waals surface area contributed by atoms with Gasteiger partial charge in [0, 0.05) is 35.8 Å². The lowest BCUT2D eigenvalue weighted by Gasteiger charge is -2.02. The number of fused-ring (bicyclic) bond motifs is 1. The van der Waals surface area contributed by atoms with Crippen molar-refractivity contribution >= 4 is 34.1 Å². The van der Waals surface area contributed by atoms with E-state index in [1.54, 1.807) is 31.5 Å². The molecule has 6 nitrogen and oxygen atoms in total. The number of hydrogen-bond acceptors (Lipinski definition) is 4. The third kappa shape index (κ3) is 2.89. The maximum absolute atomic E-state index is 12.4. The van der Waals surface area contributed by atoms with Crippen molar-refractivity contribution in [2.45, 2.75) is 0 Å². The Kier molecular flexibility index (Phi) is 4.11. The molecule has 0 spiro atoms. The van der Waals surface area contributed by atoms with E-state index in [9.17, 15) is 14.9 Å². The Hall–Kier alpha value is -3.41. The van der Waals surface area contributed by atoms with Crippen LogP contribution in [0.25, 0.3) is 17.0 Å². The van der Waals surface area contributed by atoms with Gasteiger partial charge in [0.25, 0.3) is 5.69 Å². The fourth-order valence-corrected chi connectivity index (χ4v) is 2.55. The number of ketones is 1. The standard InChI is InChI=1S/C18H15N3O3/c1-19-16-8-6-12(10-17(16)21(23)24)7-9-18(22)14-11-20-15-5-3-2-4-13(14)15/h2-11,19-20H,1H3/b9-7+. The van der Waals surface area contributed by atoms with Gasteiger partial charge in [0.05, 0.1) is 4.92 Å². The summed E-state index contributed by atoms with van der Waals surface area (Å²) in [6.07, 6.45) is 4.67. The lowest BCUT2D eigenvalue weighted by atomic mass is 10.1. The molecule has 1 heterocycles. The summed E-state index contributed by atoms with van der Waals surface area (Å²) in [5.74, 6) is -0.159. The number of aromatic amines is 1. The fourth-order valence-electron chi connectivity index (χ4n) is 2.55. The van der Waals surface area contributed by atoms with Crippen LogP contribution in [0.3, 0.4) is 0 Å². The normalized spacial score (nSPS) is 11.0. The van der Waals surface area contributed by atoms with Gasteiger partial charge in [-0.25, -0.2) is 0 Å². The first-order valence-corrected chi connectivity index (χ1v) is 7.35. The molecule has 24 heavy (non-hydrogen) atoms. The Morgan fingerprint density at radius 3 is 2.79 bits per heavy atom. The highest BCUT2D eigenvalue weighted by Gasteiger charge is 2.13. The van der Waals surface area contributed by atoms with Crippen LogP contribution in [0.2, 0.25) is 0 Å². The average Bonchev–Trinajstić information content (AvgIpc) is 3.03. The molecule has 3 aromatic rings. The van der Waals surface area contributed by atoms with Crippen LogP contribution in [-0.2, 0) is 0 Å². The largest absolute Gasteiger partial charge is 0.383 e. The predicted octanol–water partition coefficient (Wildman–Crippen LogP) is 4.01. The zero-order valence-corrected chi connectivity index (χ0v) is 12.9. The van der Waals surface area contributed by atoms with Crippen LogP contribution in [0.1, 0.15) is 15.9 Å². The third-order valence-electron chi connectivity index (χ3n) is 3.77. The number of nitrogens with one attached hydrogen (secondary N) is 2. The maximum Gasteiger partial charge on any atom is 0.292 e. The van der Waals surface area contributed by atoms with Crippen molar-refractivity contribution < 1.29 is 9.72 Å². The summed E-state index contributed by atoms with van der Waals surface area (Å²) in [6, 6.07) is 12.3. The Morgan fingerprint density at radius 1 is 1.25 bits per heavy atom. The summed E-state index contributed by atoms with van der Waals surface area (Å²) in [5.41, 5.74) is 2.46.